The van der Waals surface area contributed by atoms with E-state index in [1.807, 2.05) is 6.07 Å². The van der Waals surface area contributed by atoms with Gasteiger partial charge in [-0.15, -0.1) is 0 Å². The normalized spacial score (nSPS) is 17.1. The van der Waals surface area contributed by atoms with Crippen LogP contribution in [0.5, 0.6) is 0 Å². The highest BCUT2D eigenvalue weighted by atomic mass is 15.1. The molecule has 1 aliphatic heterocycles. The topological polar surface area (TPSA) is 29.3 Å². The predicted octanol–water partition coefficient (Wildman–Crippen LogP) is 2.57. The van der Waals surface area contributed by atoms with Gasteiger partial charge < -0.3 is 10.6 Å². The maximum absolute atomic E-state index is 5.81. The van der Waals surface area contributed by atoms with Gasteiger partial charge >= 0.3 is 0 Å². The monoisotopic (exact) mass is 190 g/mol. The molecule has 14 heavy (non-hydrogen) atoms. The van der Waals surface area contributed by atoms with Crippen LogP contribution >= 0.6 is 0 Å². The molecule has 0 amide bonds. The summed E-state index contributed by atoms with van der Waals surface area (Å²) in [5.41, 5.74) is 9.34. The van der Waals surface area contributed by atoms with Crippen LogP contribution in [0.25, 0.3) is 0 Å². The predicted molar refractivity (Wildman–Crippen MR) is 61.7 cm³/mol. The van der Waals surface area contributed by atoms with Crippen LogP contribution in [0.3, 0.4) is 0 Å². The molecule has 0 spiro atoms. The van der Waals surface area contributed by atoms with E-state index < -0.39 is 0 Å². The Labute approximate surface area is 85.7 Å². The number of benzene rings is 1. The minimum absolute atomic E-state index is 0.871. The smallest absolute Gasteiger partial charge is 0.0416 e. The lowest BCUT2D eigenvalue weighted by atomic mass is 10.1. The van der Waals surface area contributed by atoms with Gasteiger partial charge in [0.05, 0.1) is 0 Å². The molecule has 0 unspecified atom stereocenters. The van der Waals surface area contributed by atoms with Crippen molar-refractivity contribution in [2.75, 3.05) is 23.7 Å². The van der Waals surface area contributed by atoms with Gasteiger partial charge in [0.1, 0.15) is 0 Å². The molecule has 2 rings (SSSR count). The van der Waals surface area contributed by atoms with Crippen LogP contribution < -0.4 is 10.6 Å². The second-order valence-electron chi connectivity index (χ2n) is 4.09. The molecule has 1 aliphatic rings. The number of nitrogens with zero attached hydrogens (tertiary/aromatic N) is 1. The Hall–Kier alpha value is -1.18. The van der Waals surface area contributed by atoms with Crippen molar-refractivity contribution in [3.05, 3.63) is 23.8 Å². The summed E-state index contributed by atoms with van der Waals surface area (Å²) in [7, 11) is 0. The summed E-state index contributed by atoms with van der Waals surface area (Å²) in [6.07, 6.45) is 4.00. The van der Waals surface area contributed by atoms with Crippen LogP contribution in [0.2, 0.25) is 0 Å². The molecule has 2 heteroatoms. The summed E-state index contributed by atoms with van der Waals surface area (Å²) in [4.78, 5) is 2.45. The van der Waals surface area contributed by atoms with E-state index in [0.29, 0.717) is 0 Å². The van der Waals surface area contributed by atoms with E-state index in [4.69, 9.17) is 5.73 Å². The van der Waals surface area contributed by atoms with E-state index in [1.54, 1.807) is 0 Å². The van der Waals surface area contributed by atoms with Gasteiger partial charge in [0.25, 0.3) is 0 Å². The third kappa shape index (κ3) is 1.84. The summed E-state index contributed by atoms with van der Waals surface area (Å²) in [6.45, 7) is 4.53. The highest BCUT2D eigenvalue weighted by Gasteiger charge is 2.12. The third-order valence-corrected chi connectivity index (χ3v) is 2.93. The van der Waals surface area contributed by atoms with Crippen LogP contribution in [-0.2, 0) is 0 Å². The molecular weight excluding hydrogens is 172 g/mol. The molecule has 1 fully saturated rings. The van der Waals surface area contributed by atoms with Crippen molar-refractivity contribution in [2.24, 2.45) is 0 Å². The van der Waals surface area contributed by atoms with Crippen molar-refractivity contribution in [1.29, 1.82) is 0 Å². The lowest BCUT2D eigenvalue weighted by Gasteiger charge is -2.30. The Balaban J connectivity index is 2.24. The van der Waals surface area contributed by atoms with E-state index in [2.05, 4.69) is 24.0 Å². The fourth-order valence-electron chi connectivity index (χ4n) is 2.10. The number of hydrogen-bond acceptors (Lipinski definition) is 2. The number of aryl methyl sites for hydroxylation is 1. The number of piperidine rings is 1. The van der Waals surface area contributed by atoms with E-state index in [1.165, 1.54) is 43.6 Å². The summed E-state index contributed by atoms with van der Waals surface area (Å²) in [5.74, 6) is 0. The average Bonchev–Trinajstić information content (AvgIpc) is 2.23. The van der Waals surface area contributed by atoms with Crippen LogP contribution in [0.15, 0.2) is 18.2 Å². The SMILES string of the molecule is Cc1ccc(N)cc1N1CCCCC1. The lowest BCUT2D eigenvalue weighted by Crippen LogP contribution is -2.29. The zero-order chi connectivity index (χ0) is 9.97. The third-order valence-electron chi connectivity index (χ3n) is 2.93. The number of hydrogen-bond donors (Lipinski definition) is 1. The second kappa shape index (κ2) is 3.91. The van der Waals surface area contributed by atoms with Gasteiger partial charge in [0.15, 0.2) is 0 Å². The van der Waals surface area contributed by atoms with Crippen molar-refractivity contribution in [3.63, 3.8) is 0 Å². The minimum atomic E-state index is 0.871. The zero-order valence-corrected chi connectivity index (χ0v) is 8.79. The van der Waals surface area contributed by atoms with Gasteiger partial charge in [-0.3, -0.25) is 0 Å². The van der Waals surface area contributed by atoms with E-state index >= 15 is 0 Å². The average molecular weight is 190 g/mol. The van der Waals surface area contributed by atoms with E-state index in [-0.39, 0.29) is 0 Å². The Kier molecular flexibility index (Phi) is 2.62. The molecule has 1 saturated heterocycles. The van der Waals surface area contributed by atoms with Crippen molar-refractivity contribution < 1.29 is 0 Å². The Morgan fingerprint density at radius 3 is 2.57 bits per heavy atom. The largest absolute Gasteiger partial charge is 0.399 e. The molecule has 2 nitrogen and oxygen atoms in total. The summed E-state index contributed by atoms with van der Waals surface area (Å²) < 4.78 is 0. The first kappa shape index (κ1) is 9.38. The molecular formula is C12H18N2. The van der Waals surface area contributed by atoms with Crippen LogP contribution in [0.1, 0.15) is 24.8 Å². The second-order valence-corrected chi connectivity index (χ2v) is 4.09. The highest BCUT2D eigenvalue weighted by Crippen LogP contribution is 2.25. The number of anilines is 2. The summed E-state index contributed by atoms with van der Waals surface area (Å²) >= 11 is 0. The molecule has 1 aromatic rings. The Morgan fingerprint density at radius 2 is 1.86 bits per heavy atom. The first-order valence-corrected chi connectivity index (χ1v) is 5.38. The number of nitrogen functional groups attached to an aromatic ring is 1. The van der Waals surface area contributed by atoms with E-state index in [0.717, 1.165) is 5.69 Å². The molecule has 1 heterocycles. The summed E-state index contributed by atoms with van der Waals surface area (Å²) in [6, 6.07) is 6.18. The van der Waals surface area contributed by atoms with Crippen molar-refractivity contribution in [1.82, 2.24) is 0 Å². The first-order valence-electron chi connectivity index (χ1n) is 5.38. The Bertz CT molecular complexity index is 314. The summed E-state index contributed by atoms with van der Waals surface area (Å²) in [5, 5.41) is 0. The minimum Gasteiger partial charge on any atom is -0.399 e. The highest BCUT2D eigenvalue weighted by molar-refractivity contribution is 5.60. The van der Waals surface area contributed by atoms with Gasteiger partial charge in [0.2, 0.25) is 0 Å². The molecule has 2 N–H and O–H groups in total. The maximum atomic E-state index is 5.81. The standard InChI is InChI=1S/C12H18N2/c1-10-5-6-11(13)9-12(10)14-7-3-2-4-8-14/h5-6,9H,2-4,7-8,13H2,1H3. The van der Waals surface area contributed by atoms with E-state index in [9.17, 15) is 0 Å². The Morgan fingerprint density at radius 1 is 1.14 bits per heavy atom. The molecule has 0 atom stereocenters. The molecule has 0 aliphatic carbocycles. The van der Waals surface area contributed by atoms with Crippen LogP contribution in [0.4, 0.5) is 11.4 Å². The quantitative estimate of drug-likeness (QED) is 0.690. The molecule has 0 radical (unpaired) electrons. The van der Waals surface area contributed by atoms with Crippen LogP contribution in [0, 0.1) is 6.92 Å². The first-order chi connectivity index (χ1) is 6.77. The number of nitrogens with two attached hydrogens (primary N) is 1. The fourth-order valence-corrected chi connectivity index (χ4v) is 2.10. The maximum Gasteiger partial charge on any atom is 0.0416 e. The van der Waals surface area contributed by atoms with Crippen molar-refractivity contribution in [2.45, 2.75) is 26.2 Å². The van der Waals surface area contributed by atoms with Gasteiger partial charge in [0, 0.05) is 24.5 Å². The van der Waals surface area contributed by atoms with Gasteiger partial charge in [-0.2, -0.15) is 0 Å². The lowest BCUT2D eigenvalue weighted by molar-refractivity contribution is 0.577. The molecule has 0 saturated carbocycles. The van der Waals surface area contributed by atoms with Crippen LogP contribution in [-0.4, -0.2) is 13.1 Å². The van der Waals surface area contributed by atoms with Gasteiger partial charge in [-0.25, -0.2) is 0 Å². The van der Waals surface area contributed by atoms with Gasteiger partial charge in [-0.05, 0) is 43.9 Å². The molecule has 0 aromatic heterocycles. The van der Waals surface area contributed by atoms with Crippen molar-refractivity contribution in [3.8, 4) is 0 Å². The molecule has 0 bridgehead atoms. The zero-order valence-electron chi connectivity index (χ0n) is 8.79. The molecule has 1 aromatic carbocycles. The molecule has 76 valence electrons. The van der Waals surface area contributed by atoms with Crippen molar-refractivity contribution >= 4 is 11.4 Å². The van der Waals surface area contributed by atoms with Gasteiger partial charge in [-0.1, -0.05) is 6.07 Å². The fraction of sp³-hybridized carbons (Fsp3) is 0.500. The number of rotatable bonds is 1.